The first kappa shape index (κ1) is 23.9. The quantitative estimate of drug-likeness (QED) is 0.260. The molecule has 0 spiro atoms. The van der Waals surface area contributed by atoms with E-state index in [-0.39, 0.29) is 34.3 Å². The summed E-state index contributed by atoms with van der Waals surface area (Å²) < 4.78 is 74.6. The number of hydrogen-bond acceptors (Lipinski definition) is 3. The van der Waals surface area contributed by atoms with Gasteiger partial charge in [0.05, 0.1) is 22.2 Å². The van der Waals surface area contributed by atoms with Crippen molar-refractivity contribution in [3.05, 3.63) is 76.6 Å². The normalized spacial score (nSPS) is 16.2. The van der Waals surface area contributed by atoms with Crippen molar-refractivity contribution in [2.45, 2.75) is 26.1 Å². The molecule has 0 unspecified atom stereocenters. The summed E-state index contributed by atoms with van der Waals surface area (Å²) in [5, 5.41) is 9.53. The molecule has 0 aliphatic carbocycles. The fourth-order valence-electron chi connectivity index (χ4n) is 4.70. The second-order valence-electron chi connectivity index (χ2n) is 8.87. The maximum absolute atomic E-state index is 15.3. The van der Waals surface area contributed by atoms with Crippen LogP contribution in [0, 0.1) is 30.2 Å². The van der Waals surface area contributed by atoms with Crippen LogP contribution in [0.1, 0.15) is 28.2 Å². The fraction of sp³-hybridized carbons (Fsp3) is 0.231. The summed E-state index contributed by atoms with van der Waals surface area (Å²) in [4.78, 5) is 20.4. The Hall–Kier alpha value is -3.79. The molecule has 2 heterocycles. The van der Waals surface area contributed by atoms with E-state index < -0.39 is 46.5 Å². The van der Waals surface area contributed by atoms with Crippen molar-refractivity contribution >= 4 is 17.0 Å². The number of carboxylic acids is 1. The predicted molar refractivity (Wildman–Crippen MR) is 123 cm³/mol. The molecule has 0 bridgehead atoms. The second-order valence-corrected chi connectivity index (χ2v) is 8.87. The number of H-pyrrole nitrogens is 1. The Kier molecular flexibility index (Phi) is 5.99. The van der Waals surface area contributed by atoms with Gasteiger partial charge in [-0.25, -0.2) is 31.7 Å². The number of aromatic carboxylic acids is 1. The summed E-state index contributed by atoms with van der Waals surface area (Å²) >= 11 is 0. The van der Waals surface area contributed by atoms with E-state index in [2.05, 4.69) is 9.97 Å². The fourth-order valence-corrected chi connectivity index (χ4v) is 4.70. The molecule has 1 aliphatic rings. The van der Waals surface area contributed by atoms with Crippen LogP contribution in [-0.4, -0.2) is 45.2 Å². The number of benzene rings is 3. The molecule has 0 amide bonds. The average Bonchev–Trinajstić information content (AvgIpc) is 3.41. The highest BCUT2D eigenvalue weighted by Crippen LogP contribution is 2.38. The first-order chi connectivity index (χ1) is 17.1. The third-order valence-corrected chi connectivity index (χ3v) is 6.32. The lowest BCUT2D eigenvalue weighted by Crippen LogP contribution is -2.20. The van der Waals surface area contributed by atoms with Crippen molar-refractivity contribution < 1.29 is 31.9 Å². The van der Waals surface area contributed by atoms with Gasteiger partial charge in [0.25, 0.3) is 0 Å². The van der Waals surface area contributed by atoms with Gasteiger partial charge in [0.1, 0.15) is 17.5 Å². The van der Waals surface area contributed by atoms with Gasteiger partial charge in [-0.1, -0.05) is 18.2 Å². The van der Waals surface area contributed by atoms with Gasteiger partial charge in [-0.3, -0.25) is 4.90 Å². The van der Waals surface area contributed by atoms with Crippen LogP contribution in [0.5, 0.6) is 0 Å². The summed E-state index contributed by atoms with van der Waals surface area (Å²) in [6, 6.07) is 8.04. The van der Waals surface area contributed by atoms with Crippen molar-refractivity contribution in [1.82, 2.24) is 14.9 Å². The highest BCUT2D eigenvalue weighted by Gasteiger charge is 2.29. The van der Waals surface area contributed by atoms with Gasteiger partial charge in [-0.2, -0.15) is 0 Å². The standard InChI is InChI=1S/C26H20F5N3O2/c1-12-32-18-9-15(8-17(26(35)36)25(18)33-12)20-23(30)21(28)19(22(29)24(20)31)14-4-2-3-13(7-14)10-34-6-5-16(27)11-34/h2-4,7-9,16H,5-6,10-11H2,1H3,(H,32,33)(H,35,36)/t16-/m1/s1. The highest BCUT2D eigenvalue weighted by molar-refractivity contribution is 6.03. The smallest absolute Gasteiger partial charge is 0.337 e. The van der Waals surface area contributed by atoms with Crippen molar-refractivity contribution in [1.29, 1.82) is 0 Å². The molecule has 5 rings (SSSR count). The number of aromatic amines is 1. The number of aromatic nitrogens is 2. The molecule has 3 aromatic carbocycles. The lowest BCUT2D eigenvalue weighted by atomic mass is 9.95. The minimum Gasteiger partial charge on any atom is -0.478 e. The largest absolute Gasteiger partial charge is 0.478 e. The topological polar surface area (TPSA) is 69.2 Å². The number of nitrogens with one attached hydrogen (secondary N) is 1. The molecule has 186 valence electrons. The van der Waals surface area contributed by atoms with Gasteiger partial charge in [0.15, 0.2) is 23.3 Å². The summed E-state index contributed by atoms with van der Waals surface area (Å²) in [5.41, 5.74) is -1.89. The van der Waals surface area contributed by atoms with Crippen molar-refractivity contribution in [3.63, 3.8) is 0 Å². The number of likely N-dealkylation sites (tertiary alicyclic amines) is 1. The number of fused-ring (bicyclic) bond motifs is 1. The summed E-state index contributed by atoms with van der Waals surface area (Å²) in [7, 11) is 0. The summed E-state index contributed by atoms with van der Waals surface area (Å²) in [6.45, 7) is 2.66. The van der Waals surface area contributed by atoms with E-state index in [1.54, 1.807) is 13.0 Å². The zero-order valence-corrected chi connectivity index (χ0v) is 19.0. The predicted octanol–water partition coefficient (Wildman–Crippen LogP) is 6.00. The summed E-state index contributed by atoms with van der Waals surface area (Å²) in [5.74, 6) is -7.58. The molecule has 1 atom stereocenters. The lowest BCUT2D eigenvalue weighted by Gasteiger charge is -2.16. The number of rotatable bonds is 5. The molecular formula is C26H20F5N3O2. The molecule has 2 N–H and O–H groups in total. The number of carbonyl (C=O) groups is 1. The van der Waals surface area contributed by atoms with Crippen LogP contribution < -0.4 is 0 Å². The van der Waals surface area contributed by atoms with E-state index >= 15 is 17.6 Å². The molecule has 5 nitrogen and oxygen atoms in total. The van der Waals surface area contributed by atoms with Crippen LogP contribution >= 0.6 is 0 Å². The number of alkyl halides is 1. The van der Waals surface area contributed by atoms with Gasteiger partial charge < -0.3 is 10.1 Å². The molecule has 1 fully saturated rings. The molecule has 0 radical (unpaired) electrons. The van der Waals surface area contributed by atoms with Crippen LogP contribution in [0.2, 0.25) is 0 Å². The molecular weight excluding hydrogens is 481 g/mol. The van der Waals surface area contributed by atoms with Crippen LogP contribution in [0.25, 0.3) is 33.3 Å². The van der Waals surface area contributed by atoms with E-state index in [1.807, 2.05) is 4.90 Å². The van der Waals surface area contributed by atoms with Crippen LogP contribution in [0.4, 0.5) is 22.0 Å². The SMILES string of the molecule is Cc1nc2c(C(=O)O)cc(-c3c(F)c(F)c(-c4cccc(CN5CC[C@@H](F)C5)c4)c(F)c3F)cc2[nH]1. The maximum Gasteiger partial charge on any atom is 0.337 e. The Labute approximate surface area is 202 Å². The van der Waals surface area contributed by atoms with E-state index in [0.717, 1.165) is 6.07 Å². The number of nitrogens with zero attached hydrogens (tertiary/aromatic N) is 2. The molecule has 0 saturated carbocycles. The minimum absolute atomic E-state index is 0.0519. The Morgan fingerprint density at radius 1 is 1.06 bits per heavy atom. The average molecular weight is 501 g/mol. The molecule has 1 aromatic heterocycles. The van der Waals surface area contributed by atoms with E-state index in [0.29, 0.717) is 30.9 Å². The Balaban J connectivity index is 1.61. The van der Waals surface area contributed by atoms with Gasteiger partial charge in [0.2, 0.25) is 0 Å². The van der Waals surface area contributed by atoms with Crippen molar-refractivity contribution in [3.8, 4) is 22.3 Å². The number of carboxylic acid groups (broad SMARTS) is 1. The Morgan fingerprint density at radius 2 is 1.72 bits per heavy atom. The number of imidazole rings is 1. The van der Waals surface area contributed by atoms with Gasteiger partial charge >= 0.3 is 5.97 Å². The zero-order chi connectivity index (χ0) is 25.7. The molecule has 1 saturated heterocycles. The van der Waals surface area contributed by atoms with Crippen LogP contribution in [0.3, 0.4) is 0 Å². The first-order valence-corrected chi connectivity index (χ1v) is 11.2. The molecule has 1 aliphatic heterocycles. The highest BCUT2D eigenvalue weighted by atomic mass is 19.2. The van der Waals surface area contributed by atoms with E-state index in [4.69, 9.17) is 0 Å². The second kappa shape index (κ2) is 9.02. The molecule has 4 aromatic rings. The Bertz CT molecular complexity index is 1490. The third-order valence-electron chi connectivity index (χ3n) is 6.32. The summed E-state index contributed by atoms with van der Waals surface area (Å²) in [6.07, 6.45) is -0.542. The number of halogens is 5. The Morgan fingerprint density at radius 3 is 2.33 bits per heavy atom. The monoisotopic (exact) mass is 501 g/mol. The number of hydrogen-bond donors (Lipinski definition) is 2. The first-order valence-electron chi connectivity index (χ1n) is 11.2. The molecule has 36 heavy (non-hydrogen) atoms. The van der Waals surface area contributed by atoms with Crippen LogP contribution in [0.15, 0.2) is 36.4 Å². The zero-order valence-electron chi connectivity index (χ0n) is 19.0. The van der Waals surface area contributed by atoms with Gasteiger partial charge in [0, 0.05) is 19.6 Å². The lowest BCUT2D eigenvalue weighted by molar-refractivity contribution is 0.0699. The molecule has 10 heteroatoms. The van der Waals surface area contributed by atoms with Gasteiger partial charge in [-0.15, -0.1) is 0 Å². The van der Waals surface area contributed by atoms with Crippen molar-refractivity contribution in [2.75, 3.05) is 13.1 Å². The van der Waals surface area contributed by atoms with E-state index in [1.165, 1.54) is 24.3 Å². The van der Waals surface area contributed by atoms with Crippen LogP contribution in [-0.2, 0) is 6.54 Å². The maximum atomic E-state index is 15.3. The third kappa shape index (κ3) is 4.11. The van der Waals surface area contributed by atoms with Crippen molar-refractivity contribution in [2.24, 2.45) is 0 Å². The van der Waals surface area contributed by atoms with E-state index in [9.17, 15) is 14.3 Å². The number of aryl methyl sites for hydroxylation is 1. The van der Waals surface area contributed by atoms with Gasteiger partial charge in [-0.05, 0) is 48.2 Å². The minimum atomic E-state index is -1.65.